The van der Waals surface area contributed by atoms with Crippen LogP contribution in [0.4, 0.5) is 5.69 Å². The molecule has 1 fully saturated rings. The first-order valence-electron chi connectivity index (χ1n) is 10.5. The highest BCUT2D eigenvalue weighted by atomic mass is 32.2. The molecule has 0 aromatic heterocycles. The van der Waals surface area contributed by atoms with E-state index in [4.69, 9.17) is 4.74 Å². The Morgan fingerprint density at radius 1 is 1.12 bits per heavy atom. The second-order valence-corrected chi connectivity index (χ2v) is 9.44. The Kier molecular flexibility index (Phi) is 7.47. The van der Waals surface area contributed by atoms with Gasteiger partial charge in [0.2, 0.25) is 15.9 Å². The number of sulfonamides is 1. The minimum Gasteiger partial charge on any atom is -0.494 e. The third-order valence-electron chi connectivity index (χ3n) is 5.47. The van der Waals surface area contributed by atoms with E-state index in [-0.39, 0.29) is 42.7 Å². The van der Waals surface area contributed by atoms with Crippen LogP contribution in [0.5, 0.6) is 5.75 Å². The SMILES string of the molecule is CCOc1ccccc1CCC(=O)N1CCN(S(=O)(=O)c2cc([N+](=O)[O-])ccc2C)CC1. The predicted molar refractivity (Wildman–Crippen MR) is 119 cm³/mol. The van der Waals surface area contributed by atoms with Gasteiger partial charge in [0.05, 0.1) is 16.4 Å². The first kappa shape index (κ1) is 23.7. The maximum Gasteiger partial charge on any atom is 0.270 e. The fourth-order valence-corrected chi connectivity index (χ4v) is 5.37. The largest absolute Gasteiger partial charge is 0.494 e. The van der Waals surface area contributed by atoms with Gasteiger partial charge in [0.1, 0.15) is 5.75 Å². The number of hydrogen-bond donors (Lipinski definition) is 0. The molecule has 1 amide bonds. The molecule has 0 spiro atoms. The number of ether oxygens (including phenoxy) is 1. The van der Waals surface area contributed by atoms with Crippen LogP contribution in [0.1, 0.15) is 24.5 Å². The molecule has 2 aromatic carbocycles. The first-order valence-corrected chi connectivity index (χ1v) is 11.9. The molecule has 0 bridgehead atoms. The normalized spacial score (nSPS) is 14.9. The monoisotopic (exact) mass is 461 g/mol. The van der Waals surface area contributed by atoms with E-state index < -0.39 is 14.9 Å². The summed E-state index contributed by atoms with van der Waals surface area (Å²) in [7, 11) is -3.89. The summed E-state index contributed by atoms with van der Waals surface area (Å²) in [5.74, 6) is 0.728. The van der Waals surface area contributed by atoms with Crippen molar-refractivity contribution in [2.75, 3.05) is 32.8 Å². The van der Waals surface area contributed by atoms with E-state index in [1.165, 1.54) is 16.4 Å². The van der Waals surface area contributed by atoms with Gasteiger partial charge in [-0.15, -0.1) is 0 Å². The van der Waals surface area contributed by atoms with Crippen LogP contribution in [-0.4, -0.2) is 61.2 Å². The van der Waals surface area contributed by atoms with E-state index in [1.807, 2.05) is 31.2 Å². The predicted octanol–water partition coefficient (Wildman–Crippen LogP) is 2.77. The van der Waals surface area contributed by atoms with Gasteiger partial charge in [-0.25, -0.2) is 8.42 Å². The van der Waals surface area contributed by atoms with E-state index in [1.54, 1.807) is 11.8 Å². The molecular weight excluding hydrogens is 434 g/mol. The second kappa shape index (κ2) is 10.1. The summed E-state index contributed by atoms with van der Waals surface area (Å²) >= 11 is 0. The van der Waals surface area contributed by atoms with Crippen molar-refractivity contribution in [2.24, 2.45) is 0 Å². The summed E-state index contributed by atoms with van der Waals surface area (Å²) in [5, 5.41) is 11.1. The fraction of sp³-hybridized carbons (Fsp3) is 0.409. The quantitative estimate of drug-likeness (QED) is 0.442. The number of aryl methyl sites for hydroxylation is 2. The van der Waals surface area contributed by atoms with Crippen molar-refractivity contribution in [3.05, 3.63) is 63.7 Å². The molecule has 0 radical (unpaired) electrons. The van der Waals surface area contributed by atoms with E-state index >= 15 is 0 Å². The lowest BCUT2D eigenvalue weighted by Gasteiger charge is -2.34. The van der Waals surface area contributed by atoms with Gasteiger partial charge in [0, 0.05) is 44.7 Å². The maximum atomic E-state index is 13.1. The van der Waals surface area contributed by atoms with Crippen molar-refractivity contribution in [1.82, 2.24) is 9.21 Å². The van der Waals surface area contributed by atoms with Crippen LogP contribution < -0.4 is 4.74 Å². The lowest BCUT2D eigenvalue weighted by molar-refractivity contribution is -0.385. The van der Waals surface area contributed by atoms with Crippen LogP contribution in [0.2, 0.25) is 0 Å². The van der Waals surface area contributed by atoms with Gasteiger partial charge >= 0.3 is 0 Å². The van der Waals surface area contributed by atoms with Crippen LogP contribution in [0.3, 0.4) is 0 Å². The number of carbonyl (C=O) groups is 1. The number of carbonyl (C=O) groups excluding carboxylic acids is 1. The Labute approximate surface area is 187 Å². The standard InChI is InChI=1S/C22H27N3O6S/c1-3-31-20-7-5-4-6-18(20)9-11-22(26)23-12-14-24(15-13-23)32(29,30)21-16-19(25(27)28)10-8-17(21)2/h4-8,10,16H,3,9,11-15H2,1-2H3. The molecule has 0 N–H and O–H groups in total. The highest BCUT2D eigenvalue weighted by Gasteiger charge is 2.32. The Hall–Kier alpha value is -2.98. The third-order valence-corrected chi connectivity index (χ3v) is 7.51. The number of amides is 1. The van der Waals surface area contributed by atoms with Gasteiger partial charge < -0.3 is 9.64 Å². The Morgan fingerprint density at radius 2 is 1.81 bits per heavy atom. The van der Waals surface area contributed by atoms with E-state index in [2.05, 4.69) is 0 Å². The van der Waals surface area contributed by atoms with Crippen LogP contribution in [-0.2, 0) is 21.2 Å². The molecule has 9 nitrogen and oxygen atoms in total. The van der Waals surface area contributed by atoms with Crippen molar-refractivity contribution in [3.63, 3.8) is 0 Å². The number of piperazine rings is 1. The van der Waals surface area contributed by atoms with Gasteiger partial charge in [0.15, 0.2) is 0 Å². The molecule has 0 aliphatic carbocycles. The highest BCUT2D eigenvalue weighted by Crippen LogP contribution is 2.26. The van der Waals surface area contributed by atoms with Crippen LogP contribution in [0.25, 0.3) is 0 Å². The molecular formula is C22H27N3O6S. The zero-order valence-electron chi connectivity index (χ0n) is 18.2. The zero-order chi connectivity index (χ0) is 23.3. The van der Waals surface area contributed by atoms with Crippen LogP contribution in [0.15, 0.2) is 47.4 Å². The summed E-state index contributed by atoms with van der Waals surface area (Å²) in [6, 6.07) is 11.4. The van der Waals surface area contributed by atoms with E-state index in [0.29, 0.717) is 25.0 Å². The smallest absolute Gasteiger partial charge is 0.270 e. The van der Waals surface area contributed by atoms with Crippen molar-refractivity contribution >= 4 is 21.6 Å². The number of para-hydroxylation sites is 1. The molecule has 0 saturated carbocycles. The molecule has 1 aliphatic heterocycles. The molecule has 172 valence electrons. The summed E-state index contributed by atoms with van der Waals surface area (Å²) in [5.41, 5.74) is 1.14. The van der Waals surface area contributed by atoms with E-state index in [9.17, 15) is 23.3 Å². The average Bonchev–Trinajstić information content (AvgIpc) is 2.78. The highest BCUT2D eigenvalue weighted by molar-refractivity contribution is 7.89. The second-order valence-electron chi connectivity index (χ2n) is 7.53. The first-order chi connectivity index (χ1) is 15.2. The number of nitro benzene ring substituents is 1. The van der Waals surface area contributed by atoms with Gasteiger partial charge in [-0.05, 0) is 37.5 Å². The van der Waals surface area contributed by atoms with Gasteiger partial charge in [0.25, 0.3) is 5.69 Å². The Balaban J connectivity index is 1.62. The Bertz CT molecular complexity index is 1090. The number of rotatable bonds is 8. The minimum absolute atomic E-state index is 0.0418. The van der Waals surface area contributed by atoms with Gasteiger partial charge in [-0.3, -0.25) is 14.9 Å². The zero-order valence-corrected chi connectivity index (χ0v) is 19.0. The molecule has 1 aliphatic rings. The molecule has 32 heavy (non-hydrogen) atoms. The number of non-ortho nitro benzene ring substituents is 1. The molecule has 3 rings (SSSR count). The molecule has 1 heterocycles. The van der Waals surface area contributed by atoms with Crippen LogP contribution in [0, 0.1) is 17.0 Å². The molecule has 2 aromatic rings. The lowest BCUT2D eigenvalue weighted by Crippen LogP contribution is -2.50. The third kappa shape index (κ3) is 5.25. The van der Waals surface area contributed by atoms with Crippen LogP contribution >= 0.6 is 0 Å². The maximum absolute atomic E-state index is 13.1. The van der Waals surface area contributed by atoms with Crippen molar-refractivity contribution in [3.8, 4) is 5.75 Å². The average molecular weight is 462 g/mol. The topological polar surface area (TPSA) is 110 Å². The molecule has 0 atom stereocenters. The summed E-state index contributed by atoms with van der Waals surface area (Å²) in [4.78, 5) is 24.7. The minimum atomic E-state index is -3.89. The summed E-state index contributed by atoms with van der Waals surface area (Å²) in [6.45, 7) is 4.91. The van der Waals surface area contributed by atoms with Crippen molar-refractivity contribution < 1.29 is 22.9 Å². The van der Waals surface area contributed by atoms with Crippen molar-refractivity contribution in [1.29, 1.82) is 0 Å². The number of nitrogens with zero attached hydrogens (tertiary/aromatic N) is 3. The van der Waals surface area contributed by atoms with E-state index in [0.717, 1.165) is 17.4 Å². The number of hydrogen-bond acceptors (Lipinski definition) is 6. The Morgan fingerprint density at radius 3 is 2.47 bits per heavy atom. The molecule has 10 heteroatoms. The van der Waals surface area contributed by atoms with Crippen molar-refractivity contribution in [2.45, 2.75) is 31.6 Å². The molecule has 1 saturated heterocycles. The van der Waals surface area contributed by atoms with Gasteiger partial charge in [-0.1, -0.05) is 24.3 Å². The number of benzene rings is 2. The summed E-state index contributed by atoms with van der Waals surface area (Å²) < 4.78 is 33.0. The number of nitro groups is 1. The molecule has 0 unspecified atom stereocenters. The lowest BCUT2D eigenvalue weighted by atomic mass is 10.1. The summed E-state index contributed by atoms with van der Waals surface area (Å²) in [6.07, 6.45) is 0.848. The fourth-order valence-electron chi connectivity index (χ4n) is 3.70. The van der Waals surface area contributed by atoms with Gasteiger partial charge in [-0.2, -0.15) is 4.31 Å².